The van der Waals surface area contributed by atoms with Crippen LogP contribution in [0.25, 0.3) is 0 Å². The summed E-state index contributed by atoms with van der Waals surface area (Å²) in [5.41, 5.74) is 0.713. The van der Waals surface area contributed by atoms with Crippen LogP contribution in [0.3, 0.4) is 0 Å². The number of urea groups is 1. The zero-order chi connectivity index (χ0) is 21.7. The van der Waals surface area contributed by atoms with Gasteiger partial charge in [0, 0.05) is 12.6 Å². The third kappa shape index (κ3) is 6.68. The maximum absolute atomic E-state index is 13.6. The molecule has 166 valence electrons. The first-order chi connectivity index (χ1) is 14.2. The molecule has 1 aromatic rings. The molecule has 0 unspecified atom stereocenters. The summed E-state index contributed by atoms with van der Waals surface area (Å²) in [6.07, 6.45) is 4.02. The summed E-state index contributed by atoms with van der Waals surface area (Å²) in [6.45, 7) is 2.86. The smallest absolute Gasteiger partial charge is 0.324 e. The van der Waals surface area contributed by atoms with Gasteiger partial charge < -0.3 is 9.64 Å². The van der Waals surface area contributed by atoms with Crippen LogP contribution in [-0.4, -0.2) is 56.5 Å². The van der Waals surface area contributed by atoms with E-state index in [1.807, 2.05) is 6.92 Å². The number of nitrogens with one attached hydrogen (secondary N) is 1. The van der Waals surface area contributed by atoms with Crippen molar-refractivity contribution in [3.63, 3.8) is 0 Å². The van der Waals surface area contributed by atoms with E-state index in [0.717, 1.165) is 12.8 Å². The zero-order valence-corrected chi connectivity index (χ0v) is 18.0. The summed E-state index contributed by atoms with van der Waals surface area (Å²) in [6, 6.07) is 3.89. The number of unbranched alkanes of at least 4 members (excludes halogenated alkanes) is 2. The third-order valence-electron chi connectivity index (χ3n) is 5.43. The van der Waals surface area contributed by atoms with E-state index >= 15 is 0 Å². The second kappa shape index (κ2) is 9.76. The molecular weight excluding hydrogens is 411 g/mol. The van der Waals surface area contributed by atoms with Gasteiger partial charge in [0.05, 0.1) is 18.1 Å². The Labute approximate surface area is 176 Å². The van der Waals surface area contributed by atoms with Crippen LogP contribution in [0.15, 0.2) is 18.2 Å². The van der Waals surface area contributed by atoms with Crippen molar-refractivity contribution in [2.45, 2.75) is 44.9 Å². The van der Waals surface area contributed by atoms with E-state index < -0.39 is 15.7 Å². The highest BCUT2D eigenvalue weighted by Crippen LogP contribution is 2.33. The summed E-state index contributed by atoms with van der Waals surface area (Å²) in [7, 11) is -3.29. The number of imide groups is 1. The minimum Gasteiger partial charge on any atom is -0.493 e. The number of halogens is 1. The SMILES string of the molecule is C[C@@H](CS(=O)(=O)CCCCCN1CC(=O)NC1=O)c1ccc(F)cc1OCC1CC1. The maximum Gasteiger partial charge on any atom is 0.324 e. The van der Waals surface area contributed by atoms with Gasteiger partial charge in [-0.3, -0.25) is 10.1 Å². The third-order valence-corrected chi connectivity index (χ3v) is 7.35. The zero-order valence-electron chi connectivity index (χ0n) is 17.2. The van der Waals surface area contributed by atoms with Crippen molar-refractivity contribution in [2.75, 3.05) is 31.2 Å². The molecule has 0 aromatic heterocycles. The van der Waals surface area contributed by atoms with Crippen LogP contribution in [0.1, 0.15) is 50.5 Å². The van der Waals surface area contributed by atoms with Gasteiger partial charge in [-0.15, -0.1) is 0 Å². The first kappa shape index (κ1) is 22.5. The van der Waals surface area contributed by atoms with Crippen LogP contribution in [0.4, 0.5) is 9.18 Å². The summed E-state index contributed by atoms with van der Waals surface area (Å²) < 4.78 is 44.5. The highest BCUT2D eigenvalue weighted by Gasteiger charge is 2.26. The van der Waals surface area contributed by atoms with Crippen LogP contribution in [-0.2, 0) is 14.6 Å². The molecule has 1 N–H and O–H groups in total. The Bertz CT molecular complexity index is 885. The summed E-state index contributed by atoms with van der Waals surface area (Å²) >= 11 is 0. The van der Waals surface area contributed by atoms with Gasteiger partial charge >= 0.3 is 6.03 Å². The lowest BCUT2D eigenvalue weighted by Crippen LogP contribution is -2.29. The van der Waals surface area contributed by atoms with Gasteiger partial charge in [-0.05, 0) is 49.1 Å². The predicted molar refractivity (Wildman–Crippen MR) is 111 cm³/mol. The van der Waals surface area contributed by atoms with E-state index in [1.54, 1.807) is 6.07 Å². The van der Waals surface area contributed by atoms with E-state index in [1.165, 1.54) is 17.0 Å². The molecule has 1 aromatic carbocycles. The molecule has 2 fully saturated rings. The van der Waals surface area contributed by atoms with Crippen LogP contribution in [0, 0.1) is 11.7 Å². The van der Waals surface area contributed by atoms with Crippen molar-refractivity contribution < 1.29 is 27.1 Å². The molecule has 1 saturated heterocycles. The normalized spacial score (nSPS) is 17.9. The van der Waals surface area contributed by atoms with Gasteiger partial charge in [0.2, 0.25) is 5.91 Å². The van der Waals surface area contributed by atoms with Crippen LogP contribution >= 0.6 is 0 Å². The molecule has 1 aliphatic heterocycles. The van der Waals surface area contributed by atoms with Crippen molar-refractivity contribution in [3.8, 4) is 5.75 Å². The molecule has 7 nitrogen and oxygen atoms in total. The summed E-state index contributed by atoms with van der Waals surface area (Å²) in [5.74, 6) is -0.0218. The number of amides is 3. The lowest BCUT2D eigenvalue weighted by molar-refractivity contribution is -0.118. The molecule has 1 heterocycles. The molecule has 1 atom stereocenters. The molecule has 1 aliphatic carbocycles. The largest absolute Gasteiger partial charge is 0.493 e. The number of benzene rings is 1. The van der Waals surface area contributed by atoms with Gasteiger partial charge in [-0.1, -0.05) is 19.4 Å². The number of carbonyl (C=O) groups excluding carboxylic acids is 2. The number of hydrogen-bond donors (Lipinski definition) is 1. The molecule has 0 radical (unpaired) electrons. The second-order valence-electron chi connectivity index (χ2n) is 8.29. The molecular formula is C21H29FN2O5S. The van der Waals surface area contributed by atoms with Crippen LogP contribution in [0.5, 0.6) is 5.75 Å². The molecule has 2 aliphatic rings. The minimum atomic E-state index is -3.29. The molecule has 0 bridgehead atoms. The van der Waals surface area contributed by atoms with Crippen LogP contribution < -0.4 is 10.1 Å². The van der Waals surface area contributed by atoms with Gasteiger partial charge in [0.1, 0.15) is 18.1 Å². The van der Waals surface area contributed by atoms with Gasteiger partial charge in [-0.25, -0.2) is 17.6 Å². The topological polar surface area (TPSA) is 92.8 Å². The van der Waals surface area contributed by atoms with Crippen LogP contribution in [0.2, 0.25) is 0 Å². The summed E-state index contributed by atoms with van der Waals surface area (Å²) in [5, 5.41) is 2.21. The average Bonchev–Trinajstić information content (AvgIpc) is 3.43. The molecule has 9 heteroatoms. The van der Waals surface area contributed by atoms with E-state index in [4.69, 9.17) is 4.74 Å². The fourth-order valence-corrected chi connectivity index (χ4v) is 5.30. The fraction of sp³-hybridized carbons (Fsp3) is 0.619. The van der Waals surface area contributed by atoms with Crippen molar-refractivity contribution in [2.24, 2.45) is 5.92 Å². The van der Waals surface area contributed by atoms with E-state index in [9.17, 15) is 22.4 Å². The van der Waals surface area contributed by atoms with E-state index in [0.29, 0.717) is 49.6 Å². The number of nitrogens with zero attached hydrogens (tertiary/aromatic N) is 1. The molecule has 3 amide bonds. The Balaban J connectivity index is 1.45. The maximum atomic E-state index is 13.6. The van der Waals surface area contributed by atoms with Crippen molar-refractivity contribution in [3.05, 3.63) is 29.6 Å². The summed E-state index contributed by atoms with van der Waals surface area (Å²) in [4.78, 5) is 24.0. The number of rotatable bonds is 12. The fourth-order valence-electron chi connectivity index (χ4n) is 3.55. The monoisotopic (exact) mass is 440 g/mol. The molecule has 1 saturated carbocycles. The lowest BCUT2D eigenvalue weighted by Gasteiger charge is -2.17. The Morgan fingerprint density at radius 2 is 2.00 bits per heavy atom. The van der Waals surface area contributed by atoms with E-state index in [2.05, 4.69) is 5.32 Å². The minimum absolute atomic E-state index is 0.0263. The standard InChI is InChI=1S/C21H29FN2O5S/c1-15(18-8-7-17(22)11-19(18)29-13-16-5-6-16)14-30(27,28)10-4-2-3-9-24-12-20(25)23-21(24)26/h7-8,11,15-16H,2-6,9-10,12-14H2,1H3,(H,23,25,26)/t15-/m0/s1. The number of hydrogen-bond acceptors (Lipinski definition) is 5. The second-order valence-corrected chi connectivity index (χ2v) is 10.5. The van der Waals surface area contributed by atoms with Crippen molar-refractivity contribution >= 4 is 21.8 Å². The lowest BCUT2D eigenvalue weighted by atomic mass is 10.0. The Morgan fingerprint density at radius 1 is 1.23 bits per heavy atom. The number of carbonyl (C=O) groups is 2. The van der Waals surface area contributed by atoms with Crippen molar-refractivity contribution in [1.29, 1.82) is 0 Å². The highest BCUT2D eigenvalue weighted by atomic mass is 32.2. The van der Waals surface area contributed by atoms with Gasteiger partial charge in [-0.2, -0.15) is 0 Å². The highest BCUT2D eigenvalue weighted by molar-refractivity contribution is 7.91. The molecule has 30 heavy (non-hydrogen) atoms. The quantitative estimate of drug-likeness (QED) is 0.399. The predicted octanol–water partition coefficient (Wildman–Crippen LogP) is 2.85. The van der Waals surface area contributed by atoms with E-state index in [-0.39, 0.29) is 35.9 Å². The Hall–Kier alpha value is -2.16. The van der Waals surface area contributed by atoms with Crippen molar-refractivity contribution in [1.82, 2.24) is 10.2 Å². The number of ether oxygens (including phenoxy) is 1. The Morgan fingerprint density at radius 3 is 2.67 bits per heavy atom. The first-order valence-electron chi connectivity index (χ1n) is 10.4. The molecule has 0 spiro atoms. The molecule has 3 rings (SSSR count). The van der Waals surface area contributed by atoms with Gasteiger partial charge in [0.15, 0.2) is 9.84 Å². The number of sulfone groups is 1. The first-order valence-corrected chi connectivity index (χ1v) is 12.3. The van der Waals surface area contributed by atoms with Gasteiger partial charge in [0.25, 0.3) is 0 Å². The average molecular weight is 441 g/mol. The Kier molecular flexibility index (Phi) is 7.33.